The van der Waals surface area contributed by atoms with Crippen LogP contribution in [0.3, 0.4) is 0 Å². The van der Waals surface area contributed by atoms with Gasteiger partial charge in [0.25, 0.3) is 0 Å². The Morgan fingerprint density at radius 2 is 1.92 bits per heavy atom. The van der Waals surface area contributed by atoms with Crippen LogP contribution >= 0.6 is 0 Å². The number of nitrogens with zero attached hydrogens (tertiary/aromatic N) is 3. The molecule has 0 atom stereocenters. The normalized spacial score (nSPS) is 21.0. The van der Waals surface area contributed by atoms with Crippen molar-refractivity contribution in [2.24, 2.45) is 0 Å². The lowest BCUT2D eigenvalue weighted by molar-refractivity contribution is -0.122. The van der Waals surface area contributed by atoms with Crippen LogP contribution in [0.5, 0.6) is 11.8 Å². The summed E-state index contributed by atoms with van der Waals surface area (Å²) >= 11 is 0. The summed E-state index contributed by atoms with van der Waals surface area (Å²) in [5.41, 5.74) is 0. The van der Waals surface area contributed by atoms with Gasteiger partial charge in [0.1, 0.15) is 6.10 Å². The maximum Gasteiger partial charge on any atom is 0.235 e. The Bertz CT molecular complexity index is 689. The quantitative estimate of drug-likeness (QED) is 0.727. The average molecular weight is 372 g/mol. The van der Waals surface area contributed by atoms with Crippen LogP contribution in [0.4, 0.5) is 0 Å². The van der Waals surface area contributed by atoms with Crippen molar-refractivity contribution >= 4 is 15.9 Å². The minimum absolute atomic E-state index is 0.00764. The molecule has 1 amide bonds. The maximum absolute atomic E-state index is 11.9. The van der Waals surface area contributed by atoms with E-state index in [-0.39, 0.29) is 24.6 Å². The zero-order valence-electron chi connectivity index (χ0n) is 14.6. The fourth-order valence-electron chi connectivity index (χ4n) is 2.57. The minimum atomic E-state index is -3.36. The van der Waals surface area contributed by atoms with E-state index in [0.717, 1.165) is 36.2 Å². The molecule has 0 saturated heterocycles. The lowest BCUT2D eigenvalue weighted by Crippen LogP contribution is -2.44. The predicted molar refractivity (Wildman–Crippen MR) is 90.9 cm³/mol. The van der Waals surface area contributed by atoms with Crippen LogP contribution in [0.2, 0.25) is 0 Å². The van der Waals surface area contributed by atoms with Crippen molar-refractivity contribution < 1.29 is 22.7 Å². The summed E-state index contributed by atoms with van der Waals surface area (Å²) in [5, 5.41) is 2.88. The molecule has 1 heterocycles. The first kappa shape index (κ1) is 19.4. The van der Waals surface area contributed by atoms with Crippen molar-refractivity contribution in [3.05, 3.63) is 12.4 Å². The first-order valence-corrected chi connectivity index (χ1v) is 9.86. The van der Waals surface area contributed by atoms with E-state index in [1.54, 1.807) is 0 Å². The van der Waals surface area contributed by atoms with E-state index in [2.05, 4.69) is 15.3 Å². The zero-order chi connectivity index (χ0) is 18.4. The highest BCUT2D eigenvalue weighted by Crippen LogP contribution is 2.23. The number of rotatable bonds is 7. The van der Waals surface area contributed by atoms with Gasteiger partial charge in [0, 0.05) is 13.1 Å². The fourth-order valence-corrected chi connectivity index (χ4v) is 2.93. The maximum atomic E-state index is 11.9. The largest absolute Gasteiger partial charge is 0.480 e. The second-order valence-electron chi connectivity index (χ2n) is 6.08. The number of hydrogen-bond acceptors (Lipinski definition) is 7. The van der Waals surface area contributed by atoms with Crippen LogP contribution in [-0.4, -0.2) is 67.7 Å². The molecule has 1 aromatic heterocycles. The van der Waals surface area contributed by atoms with Crippen molar-refractivity contribution in [3.63, 3.8) is 0 Å². The smallest absolute Gasteiger partial charge is 0.235 e. The van der Waals surface area contributed by atoms with E-state index in [1.807, 2.05) is 0 Å². The molecule has 1 aliphatic rings. The summed E-state index contributed by atoms with van der Waals surface area (Å²) in [6, 6.07) is 0.0247. The molecular weight excluding hydrogens is 348 g/mol. The Labute approximate surface area is 147 Å². The first-order chi connectivity index (χ1) is 11.8. The topological polar surface area (TPSA) is 111 Å². The number of sulfonamides is 1. The van der Waals surface area contributed by atoms with E-state index in [9.17, 15) is 13.2 Å². The molecule has 10 heteroatoms. The van der Waals surface area contributed by atoms with Gasteiger partial charge in [-0.15, -0.1) is 0 Å². The van der Waals surface area contributed by atoms with Gasteiger partial charge in [-0.05, 0) is 25.7 Å². The third-order valence-electron chi connectivity index (χ3n) is 4.06. The molecule has 1 N–H and O–H groups in total. The molecule has 1 aromatic rings. The molecule has 0 aliphatic heterocycles. The van der Waals surface area contributed by atoms with Crippen LogP contribution in [0.15, 0.2) is 12.4 Å². The number of carbonyl (C=O) groups excluding carboxylic acids is 1. The number of amides is 1. The van der Waals surface area contributed by atoms with Gasteiger partial charge in [-0.2, -0.15) is 9.29 Å². The summed E-state index contributed by atoms with van der Waals surface area (Å²) in [7, 11) is -0.458. The number of hydrogen-bond donors (Lipinski definition) is 1. The lowest BCUT2D eigenvalue weighted by atomic mass is 9.93. The van der Waals surface area contributed by atoms with Crippen molar-refractivity contribution in [2.75, 3.05) is 27.0 Å². The predicted octanol–water partition coefficient (Wildman–Crippen LogP) is 0.183. The number of nitrogens with one attached hydrogen (secondary N) is 1. The molecule has 1 saturated carbocycles. The van der Waals surface area contributed by atoms with Gasteiger partial charge in [-0.1, -0.05) is 0 Å². The molecule has 9 nitrogen and oxygen atoms in total. The number of likely N-dealkylation sites (N-methyl/N-ethyl adjacent to an activating group) is 1. The van der Waals surface area contributed by atoms with Crippen LogP contribution < -0.4 is 14.8 Å². The Kier molecular flexibility index (Phi) is 6.54. The standard InChI is InChI=1S/C15H24N4O5S/c1-19(25(3,21)22)10-13(20)17-11-4-6-12(7-5-11)24-15-9-16-8-14(18-15)23-2/h8-9,11-12H,4-7,10H2,1-3H3,(H,17,20). The van der Waals surface area contributed by atoms with E-state index in [0.29, 0.717) is 11.8 Å². The first-order valence-electron chi connectivity index (χ1n) is 8.01. The third kappa shape index (κ3) is 6.13. The van der Waals surface area contributed by atoms with Crippen LogP contribution in [-0.2, 0) is 14.8 Å². The summed E-state index contributed by atoms with van der Waals surface area (Å²) in [5.74, 6) is 0.519. The highest BCUT2D eigenvalue weighted by Gasteiger charge is 2.25. The van der Waals surface area contributed by atoms with E-state index in [1.165, 1.54) is 26.6 Å². The van der Waals surface area contributed by atoms with Crippen LogP contribution in [0.25, 0.3) is 0 Å². The third-order valence-corrected chi connectivity index (χ3v) is 5.32. The highest BCUT2D eigenvalue weighted by molar-refractivity contribution is 7.88. The number of carbonyl (C=O) groups is 1. The summed E-state index contributed by atoms with van der Waals surface area (Å²) < 4.78 is 34.5. The summed E-state index contributed by atoms with van der Waals surface area (Å²) in [6.07, 6.45) is 7.19. The molecule has 0 aromatic carbocycles. The van der Waals surface area contributed by atoms with Gasteiger partial charge in [-0.25, -0.2) is 8.42 Å². The fraction of sp³-hybridized carbons (Fsp3) is 0.667. The van der Waals surface area contributed by atoms with Gasteiger partial charge in [0.2, 0.25) is 27.7 Å². The minimum Gasteiger partial charge on any atom is -0.480 e. The van der Waals surface area contributed by atoms with Crippen molar-refractivity contribution in [2.45, 2.75) is 37.8 Å². The van der Waals surface area contributed by atoms with Gasteiger partial charge >= 0.3 is 0 Å². The molecule has 140 valence electrons. The Morgan fingerprint density at radius 3 is 2.52 bits per heavy atom. The van der Waals surface area contributed by atoms with Crippen molar-refractivity contribution in [1.82, 2.24) is 19.6 Å². The summed E-state index contributed by atoms with van der Waals surface area (Å²) in [4.78, 5) is 20.1. The molecule has 0 unspecified atom stereocenters. The molecule has 2 rings (SSSR count). The second kappa shape index (κ2) is 8.43. The monoisotopic (exact) mass is 372 g/mol. The molecule has 0 spiro atoms. The van der Waals surface area contributed by atoms with Gasteiger partial charge < -0.3 is 14.8 Å². The van der Waals surface area contributed by atoms with Gasteiger partial charge in [0.05, 0.1) is 32.3 Å². The SMILES string of the molecule is COc1cncc(OC2CCC(NC(=O)CN(C)S(C)(=O)=O)CC2)n1. The molecule has 0 bridgehead atoms. The number of methoxy groups -OCH3 is 1. The van der Waals surface area contributed by atoms with E-state index in [4.69, 9.17) is 9.47 Å². The second-order valence-corrected chi connectivity index (χ2v) is 8.17. The molecular formula is C15H24N4O5S. The lowest BCUT2D eigenvalue weighted by Gasteiger charge is -2.29. The molecule has 0 radical (unpaired) electrons. The van der Waals surface area contributed by atoms with Gasteiger partial charge in [-0.3, -0.25) is 9.78 Å². The van der Waals surface area contributed by atoms with E-state index >= 15 is 0 Å². The highest BCUT2D eigenvalue weighted by atomic mass is 32.2. The molecule has 1 fully saturated rings. The molecule has 25 heavy (non-hydrogen) atoms. The molecule has 1 aliphatic carbocycles. The average Bonchev–Trinajstić information content (AvgIpc) is 2.56. The Hall–Kier alpha value is -1.94. The zero-order valence-corrected chi connectivity index (χ0v) is 15.5. The number of aromatic nitrogens is 2. The van der Waals surface area contributed by atoms with Crippen molar-refractivity contribution in [3.8, 4) is 11.8 Å². The van der Waals surface area contributed by atoms with E-state index < -0.39 is 10.0 Å². The van der Waals surface area contributed by atoms with Crippen LogP contribution in [0.1, 0.15) is 25.7 Å². The van der Waals surface area contributed by atoms with Gasteiger partial charge in [0.15, 0.2) is 0 Å². The number of ether oxygens (including phenoxy) is 2. The van der Waals surface area contributed by atoms with Crippen molar-refractivity contribution in [1.29, 1.82) is 0 Å². The summed E-state index contributed by atoms with van der Waals surface area (Å²) in [6.45, 7) is -0.172. The Morgan fingerprint density at radius 1 is 1.28 bits per heavy atom. The Balaban J connectivity index is 1.76. The van der Waals surface area contributed by atoms with Crippen LogP contribution in [0, 0.1) is 0 Å².